The normalized spacial score (nSPS) is 11.5. The summed E-state index contributed by atoms with van der Waals surface area (Å²) < 4.78 is 5.05. The summed E-state index contributed by atoms with van der Waals surface area (Å²) in [5.74, 6) is 0. The van der Waals surface area contributed by atoms with Crippen LogP contribution in [0, 0.1) is 0 Å². The lowest BCUT2D eigenvalue weighted by atomic mass is 9.97. The number of rotatable bonds is 8. The largest absolute Gasteiger partial charge is 0.310 e. The van der Waals surface area contributed by atoms with Gasteiger partial charge in [0.25, 0.3) is 0 Å². The minimum atomic E-state index is 1.11. The number of anilines is 3. The van der Waals surface area contributed by atoms with Crippen molar-refractivity contribution in [2.24, 2.45) is 0 Å². The van der Waals surface area contributed by atoms with E-state index in [0.29, 0.717) is 0 Å². The van der Waals surface area contributed by atoms with E-state index in [2.05, 4.69) is 252 Å². The van der Waals surface area contributed by atoms with Crippen molar-refractivity contribution in [3.63, 3.8) is 0 Å². The number of aromatic nitrogens is 1. The molecule has 0 fully saturated rings. The monoisotopic (exact) mass is 820 g/mol. The summed E-state index contributed by atoms with van der Waals surface area (Å²) in [5.41, 5.74) is 16.3. The zero-order valence-electron chi connectivity index (χ0n) is 34.4. The average Bonchev–Trinajstić information content (AvgIpc) is 3.90. The van der Waals surface area contributed by atoms with Crippen LogP contribution < -0.4 is 4.90 Å². The molecule has 0 atom stereocenters. The van der Waals surface area contributed by atoms with Crippen molar-refractivity contribution >= 4 is 70.4 Å². The van der Waals surface area contributed by atoms with Gasteiger partial charge in [0.15, 0.2) is 0 Å². The summed E-state index contributed by atoms with van der Waals surface area (Å²) in [6.07, 6.45) is 0. The lowest BCUT2D eigenvalue weighted by Crippen LogP contribution is -2.09. The maximum Gasteiger partial charge on any atom is 0.0547 e. The van der Waals surface area contributed by atoms with Crippen LogP contribution in [0.2, 0.25) is 0 Å². The van der Waals surface area contributed by atoms with Crippen molar-refractivity contribution in [3.05, 3.63) is 243 Å². The first-order valence-electron chi connectivity index (χ1n) is 21.5. The van der Waals surface area contributed by atoms with Gasteiger partial charge < -0.3 is 9.47 Å². The van der Waals surface area contributed by atoms with Crippen LogP contribution in [0.5, 0.6) is 0 Å². The molecule has 0 saturated carbocycles. The van der Waals surface area contributed by atoms with E-state index in [1.54, 1.807) is 0 Å². The van der Waals surface area contributed by atoms with Crippen LogP contribution in [0.3, 0.4) is 0 Å². The van der Waals surface area contributed by atoms with Gasteiger partial charge in [-0.1, -0.05) is 164 Å². The Hall–Kier alpha value is -7.98. The molecule has 3 heteroatoms. The summed E-state index contributed by atoms with van der Waals surface area (Å²) >= 11 is 1.86. The van der Waals surface area contributed by atoms with E-state index in [-0.39, 0.29) is 0 Å². The molecule has 0 radical (unpaired) electrons. The number of nitrogens with zero attached hydrogens (tertiary/aromatic N) is 2. The minimum Gasteiger partial charge on any atom is -0.310 e. The van der Waals surface area contributed by atoms with Gasteiger partial charge in [-0.15, -0.1) is 11.3 Å². The number of fused-ring (bicyclic) bond motifs is 6. The Balaban J connectivity index is 0.966. The van der Waals surface area contributed by atoms with Crippen molar-refractivity contribution in [2.45, 2.75) is 0 Å². The molecule has 0 bridgehead atoms. The predicted molar refractivity (Wildman–Crippen MR) is 270 cm³/mol. The minimum absolute atomic E-state index is 1.11. The molecule has 0 saturated heterocycles. The number of hydrogen-bond acceptors (Lipinski definition) is 2. The Kier molecular flexibility index (Phi) is 9.06. The van der Waals surface area contributed by atoms with Crippen molar-refractivity contribution in [3.8, 4) is 50.2 Å². The van der Waals surface area contributed by atoms with Crippen molar-refractivity contribution < 1.29 is 0 Å². The van der Waals surface area contributed by atoms with Gasteiger partial charge in [-0.3, -0.25) is 0 Å². The second-order valence-electron chi connectivity index (χ2n) is 16.2. The van der Waals surface area contributed by atoms with E-state index in [1.807, 2.05) is 11.3 Å². The molecule has 12 aromatic rings. The zero-order valence-corrected chi connectivity index (χ0v) is 35.2. The lowest BCUT2D eigenvalue weighted by molar-refractivity contribution is 1.18. The number of para-hydroxylation sites is 2. The second-order valence-corrected chi connectivity index (χ2v) is 17.2. The highest BCUT2D eigenvalue weighted by molar-refractivity contribution is 7.25. The van der Waals surface area contributed by atoms with Gasteiger partial charge in [0.05, 0.1) is 11.0 Å². The van der Waals surface area contributed by atoms with Crippen LogP contribution in [-0.4, -0.2) is 4.57 Å². The molecule has 296 valence electrons. The number of benzene rings is 10. The predicted octanol–water partition coefficient (Wildman–Crippen LogP) is 17.3. The molecule has 63 heavy (non-hydrogen) atoms. The highest BCUT2D eigenvalue weighted by Gasteiger charge is 2.18. The molecule has 12 rings (SSSR count). The van der Waals surface area contributed by atoms with Crippen molar-refractivity contribution in [2.75, 3.05) is 4.90 Å². The standard InChI is InChI=1S/C60H40N2S/c1-4-16-41(17-5-1)47-35-48(42-18-6-2-7-19-42)38-52(37-47)62-57-28-12-10-26-53(57)54-32-30-46(39-58(54)62)44-21-14-20-43(34-44)45-22-15-25-50(36-45)61(49-23-8-3-9-24-49)51-31-33-56-55-27-11-13-29-59(55)63-60(56)40-51/h1-40H. The molecule has 0 aliphatic rings. The fourth-order valence-electron chi connectivity index (χ4n) is 9.34. The van der Waals surface area contributed by atoms with Crippen LogP contribution in [-0.2, 0) is 0 Å². The molecule has 0 spiro atoms. The third kappa shape index (κ3) is 6.67. The summed E-state index contributed by atoms with van der Waals surface area (Å²) in [7, 11) is 0. The van der Waals surface area contributed by atoms with E-state index in [1.165, 1.54) is 86.5 Å². The highest BCUT2D eigenvalue weighted by Crippen LogP contribution is 2.42. The average molecular weight is 821 g/mol. The molecule has 2 aromatic heterocycles. The SMILES string of the molecule is c1ccc(-c2cc(-c3ccccc3)cc(-n3c4ccccc4c4ccc(-c5cccc(-c6cccc(N(c7ccccc7)c7ccc8c(c7)sc7ccccc78)c6)c5)cc43)c2)cc1. The van der Waals surface area contributed by atoms with Crippen molar-refractivity contribution in [1.82, 2.24) is 4.57 Å². The van der Waals surface area contributed by atoms with Gasteiger partial charge in [0, 0.05) is 53.7 Å². The Morgan fingerprint density at radius 1 is 0.270 bits per heavy atom. The zero-order chi connectivity index (χ0) is 41.7. The maximum absolute atomic E-state index is 2.45. The van der Waals surface area contributed by atoms with Gasteiger partial charge in [-0.05, 0) is 123 Å². The molecule has 0 unspecified atom stereocenters. The quantitative estimate of drug-likeness (QED) is 0.148. The Morgan fingerprint density at radius 3 is 1.49 bits per heavy atom. The Bertz CT molecular complexity index is 3560. The van der Waals surface area contributed by atoms with E-state index >= 15 is 0 Å². The molecular formula is C60H40N2S. The molecule has 0 aliphatic carbocycles. The van der Waals surface area contributed by atoms with Gasteiger partial charge >= 0.3 is 0 Å². The Morgan fingerprint density at radius 2 is 0.762 bits per heavy atom. The Labute approximate surface area is 370 Å². The summed E-state index contributed by atoms with van der Waals surface area (Å²) in [4.78, 5) is 2.37. The first-order chi connectivity index (χ1) is 31.2. The van der Waals surface area contributed by atoms with Gasteiger partial charge in [-0.25, -0.2) is 0 Å². The third-order valence-electron chi connectivity index (χ3n) is 12.3. The fraction of sp³-hybridized carbons (Fsp3) is 0. The fourth-order valence-corrected chi connectivity index (χ4v) is 10.5. The van der Waals surface area contributed by atoms with Gasteiger partial charge in [-0.2, -0.15) is 0 Å². The van der Waals surface area contributed by atoms with Crippen LogP contribution in [0.15, 0.2) is 243 Å². The van der Waals surface area contributed by atoms with Crippen molar-refractivity contribution in [1.29, 1.82) is 0 Å². The smallest absolute Gasteiger partial charge is 0.0547 e. The highest BCUT2D eigenvalue weighted by atomic mass is 32.1. The summed E-state index contributed by atoms with van der Waals surface area (Å²) in [6, 6.07) is 88.4. The maximum atomic E-state index is 2.45. The number of thiophene rings is 1. The molecule has 10 aromatic carbocycles. The summed E-state index contributed by atoms with van der Waals surface area (Å²) in [6.45, 7) is 0. The molecule has 2 nitrogen and oxygen atoms in total. The molecule has 0 amide bonds. The van der Waals surface area contributed by atoms with Crippen LogP contribution in [0.4, 0.5) is 17.1 Å². The second kappa shape index (κ2) is 15.5. The first kappa shape index (κ1) is 36.8. The van der Waals surface area contributed by atoms with E-state index in [9.17, 15) is 0 Å². The summed E-state index contributed by atoms with van der Waals surface area (Å²) in [5, 5.41) is 5.09. The van der Waals surface area contributed by atoms with E-state index in [4.69, 9.17) is 0 Å². The topological polar surface area (TPSA) is 8.17 Å². The van der Waals surface area contributed by atoms with E-state index < -0.39 is 0 Å². The van der Waals surface area contributed by atoms with Gasteiger partial charge in [0.2, 0.25) is 0 Å². The first-order valence-corrected chi connectivity index (χ1v) is 22.3. The van der Waals surface area contributed by atoms with Gasteiger partial charge in [0.1, 0.15) is 0 Å². The third-order valence-corrected chi connectivity index (χ3v) is 13.5. The molecule has 0 aliphatic heterocycles. The molecule has 0 N–H and O–H groups in total. The van der Waals surface area contributed by atoms with E-state index in [0.717, 1.165) is 22.7 Å². The van der Waals surface area contributed by atoms with Crippen LogP contribution >= 0.6 is 11.3 Å². The van der Waals surface area contributed by atoms with Crippen LogP contribution in [0.25, 0.3) is 92.2 Å². The number of hydrogen-bond donors (Lipinski definition) is 0. The molecular weight excluding hydrogens is 781 g/mol. The molecule has 2 heterocycles. The van der Waals surface area contributed by atoms with Crippen LogP contribution in [0.1, 0.15) is 0 Å². The lowest BCUT2D eigenvalue weighted by Gasteiger charge is -2.26.